The smallest absolute Gasteiger partial charge is 0.264 e. The van der Waals surface area contributed by atoms with Gasteiger partial charge in [-0.1, -0.05) is 53.9 Å². The summed E-state index contributed by atoms with van der Waals surface area (Å²) in [7, 11) is -2.75. The largest absolute Gasteiger partial charge is 0.496 e. The van der Waals surface area contributed by atoms with E-state index in [1.165, 1.54) is 30.2 Å². The van der Waals surface area contributed by atoms with E-state index in [-0.39, 0.29) is 17.3 Å². The fraction of sp³-hybridized carbons (Fsp3) is 0.310. The summed E-state index contributed by atoms with van der Waals surface area (Å²) in [6, 6.07) is 15.2. The fourth-order valence-electron chi connectivity index (χ4n) is 3.99. The van der Waals surface area contributed by atoms with Gasteiger partial charge in [0, 0.05) is 13.1 Å². The van der Waals surface area contributed by atoms with Crippen molar-refractivity contribution in [2.75, 3.05) is 24.5 Å². The van der Waals surface area contributed by atoms with Gasteiger partial charge < -0.3 is 15.0 Å². The Balaban J connectivity index is 2.05. The Morgan fingerprint density at radius 2 is 1.71 bits per heavy atom. The van der Waals surface area contributed by atoms with Crippen molar-refractivity contribution < 1.29 is 22.7 Å². The number of ether oxygens (including phenoxy) is 1. The van der Waals surface area contributed by atoms with E-state index in [9.17, 15) is 18.0 Å². The molecule has 2 amide bonds. The summed E-state index contributed by atoms with van der Waals surface area (Å²) >= 11 is 15.6. The molecule has 3 aromatic rings. The highest BCUT2D eigenvalue weighted by molar-refractivity contribution is 9.10. The number of hydrogen-bond donors (Lipinski definition) is 1. The van der Waals surface area contributed by atoms with Gasteiger partial charge in [-0.15, -0.1) is 0 Å². The van der Waals surface area contributed by atoms with E-state index < -0.39 is 28.5 Å². The molecule has 3 aromatic carbocycles. The molecule has 0 unspecified atom stereocenters. The lowest BCUT2D eigenvalue weighted by atomic mass is 10.1. The number of rotatable bonds is 12. The zero-order valence-electron chi connectivity index (χ0n) is 23.2. The number of nitrogens with zero attached hydrogens (tertiary/aromatic N) is 2. The lowest BCUT2D eigenvalue weighted by Crippen LogP contribution is -2.51. The van der Waals surface area contributed by atoms with Crippen LogP contribution in [0.25, 0.3) is 0 Å². The van der Waals surface area contributed by atoms with Gasteiger partial charge in [-0.25, -0.2) is 8.42 Å². The molecule has 0 saturated carbocycles. The molecule has 0 saturated heterocycles. The number of benzene rings is 3. The summed E-state index contributed by atoms with van der Waals surface area (Å²) in [6.45, 7) is 5.29. The minimum Gasteiger partial charge on any atom is -0.496 e. The standard InChI is InChI=1S/C29H32BrCl2N3O5S/c1-5-14-33-29(37)20(3)34(17-21-8-12-25(31)26(32)15-21)28(36)18-35(22-9-6-19(2)7-10-22)41(38,39)23-11-13-27(40-4)24(30)16-23/h6-13,15-16,20H,5,14,17-18H2,1-4H3,(H,33,37)/t20-/m1/s1. The van der Waals surface area contributed by atoms with Gasteiger partial charge in [-0.2, -0.15) is 0 Å². The Morgan fingerprint density at radius 3 is 2.29 bits per heavy atom. The first-order valence-corrected chi connectivity index (χ1v) is 15.8. The Labute approximate surface area is 259 Å². The molecule has 0 aliphatic rings. The van der Waals surface area contributed by atoms with Crippen LogP contribution in [0.2, 0.25) is 10.0 Å². The van der Waals surface area contributed by atoms with Crippen molar-refractivity contribution in [3.63, 3.8) is 0 Å². The number of hydrogen-bond acceptors (Lipinski definition) is 5. The molecule has 0 aromatic heterocycles. The normalized spacial score (nSPS) is 12.0. The van der Waals surface area contributed by atoms with E-state index in [0.717, 1.165) is 16.3 Å². The molecule has 0 radical (unpaired) electrons. The first-order valence-electron chi connectivity index (χ1n) is 12.8. The Kier molecular flexibility index (Phi) is 11.5. The molecule has 1 N–H and O–H groups in total. The van der Waals surface area contributed by atoms with Crippen LogP contribution in [0.4, 0.5) is 5.69 Å². The highest BCUT2D eigenvalue weighted by Gasteiger charge is 2.33. The second kappa shape index (κ2) is 14.4. The van der Waals surface area contributed by atoms with E-state index >= 15 is 0 Å². The number of carbonyl (C=O) groups excluding carboxylic acids is 2. The maximum atomic E-state index is 14.0. The fourth-order valence-corrected chi connectivity index (χ4v) is 6.44. The van der Waals surface area contributed by atoms with Crippen molar-refractivity contribution in [3.05, 3.63) is 86.3 Å². The first kappa shape index (κ1) is 32.7. The Hall–Kier alpha value is -2.79. The van der Waals surface area contributed by atoms with E-state index in [4.69, 9.17) is 27.9 Å². The lowest BCUT2D eigenvalue weighted by molar-refractivity contribution is -0.139. The predicted molar refractivity (Wildman–Crippen MR) is 166 cm³/mol. The lowest BCUT2D eigenvalue weighted by Gasteiger charge is -2.32. The zero-order valence-corrected chi connectivity index (χ0v) is 27.1. The second-order valence-corrected chi connectivity index (χ2v) is 12.9. The first-order chi connectivity index (χ1) is 19.4. The monoisotopic (exact) mass is 683 g/mol. The second-order valence-electron chi connectivity index (χ2n) is 9.38. The van der Waals surface area contributed by atoms with Crippen LogP contribution in [-0.4, -0.2) is 51.4 Å². The van der Waals surface area contributed by atoms with Crippen molar-refractivity contribution in [3.8, 4) is 5.75 Å². The molecular formula is C29H32BrCl2N3O5S. The van der Waals surface area contributed by atoms with Crippen LogP contribution in [0.3, 0.4) is 0 Å². The van der Waals surface area contributed by atoms with Crippen LogP contribution in [-0.2, 0) is 26.2 Å². The van der Waals surface area contributed by atoms with E-state index in [1.54, 1.807) is 49.4 Å². The molecule has 8 nitrogen and oxygen atoms in total. The molecule has 0 bridgehead atoms. The van der Waals surface area contributed by atoms with Crippen LogP contribution in [0.1, 0.15) is 31.4 Å². The molecule has 0 heterocycles. The van der Waals surface area contributed by atoms with Gasteiger partial charge in [0.05, 0.1) is 32.2 Å². The van der Waals surface area contributed by atoms with Gasteiger partial charge in [0.1, 0.15) is 18.3 Å². The zero-order chi connectivity index (χ0) is 30.3. The number of amides is 2. The van der Waals surface area contributed by atoms with Crippen LogP contribution in [0.5, 0.6) is 5.75 Å². The summed E-state index contributed by atoms with van der Waals surface area (Å²) in [5.74, 6) is -0.474. The number of methoxy groups -OCH3 is 1. The number of aryl methyl sites for hydroxylation is 1. The number of nitrogens with one attached hydrogen (secondary N) is 1. The SMILES string of the molecule is CCCNC(=O)[C@@H](C)N(Cc1ccc(Cl)c(Cl)c1)C(=O)CN(c1ccc(C)cc1)S(=O)(=O)c1ccc(OC)c(Br)c1. The van der Waals surface area contributed by atoms with Gasteiger partial charge >= 0.3 is 0 Å². The summed E-state index contributed by atoms with van der Waals surface area (Å²) in [5.41, 5.74) is 1.85. The number of halogens is 3. The minimum absolute atomic E-state index is 0.00625. The summed E-state index contributed by atoms with van der Waals surface area (Å²) in [6.07, 6.45) is 0.718. The van der Waals surface area contributed by atoms with Crippen LogP contribution < -0.4 is 14.4 Å². The third-order valence-corrected chi connectivity index (χ3v) is 9.49. The molecule has 41 heavy (non-hydrogen) atoms. The van der Waals surface area contributed by atoms with Crippen molar-refractivity contribution >= 4 is 66.7 Å². The predicted octanol–water partition coefficient (Wildman–Crippen LogP) is 6.21. The van der Waals surface area contributed by atoms with E-state index in [0.29, 0.717) is 38.1 Å². The molecule has 0 aliphatic heterocycles. The van der Waals surface area contributed by atoms with Crippen LogP contribution >= 0.6 is 39.1 Å². The molecule has 1 atom stereocenters. The van der Waals surface area contributed by atoms with Crippen molar-refractivity contribution in [2.45, 2.75) is 44.7 Å². The molecule has 220 valence electrons. The molecule has 0 aliphatic carbocycles. The quantitative estimate of drug-likeness (QED) is 0.245. The van der Waals surface area contributed by atoms with Crippen molar-refractivity contribution in [1.29, 1.82) is 0 Å². The molecule has 12 heteroatoms. The Morgan fingerprint density at radius 1 is 1.02 bits per heavy atom. The molecule has 0 spiro atoms. The van der Waals surface area contributed by atoms with Crippen LogP contribution in [0.15, 0.2) is 70.0 Å². The van der Waals surface area contributed by atoms with Crippen molar-refractivity contribution in [1.82, 2.24) is 10.2 Å². The van der Waals surface area contributed by atoms with Gasteiger partial charge in [-0.3, -0.25) is 13.9 Å². The molecule has 0 fully saturated rings. The summed E-state index contributed by atoms with van der Waals surface area (Å²) in [5, 5.41) is 3.46. The third kappa shape index (κ3) is 8.16. The summed E-state index contributed by atoms with van der Waals surface area (Å²) < 4.78 is 34.7. The molecular weight excluding hydrogens is 653 g/mol. The van der Waals surface area contributed by atoms with Gasteiger partial charge in [0.25, 0.3) is 10.0 Å². The minimum atomic E-state index is -4.23. The third-order valence-electron chi connectivity index (χ3n) is 6.37. The average Bonchev–Trinajstić information content (AvgIpc) is 2.95. The maximum absolute atomic E-state index is 14.0. The summed E-state index contributed by atoms with van der Waals surface area (Å²) in [4.78, 5) is 28.2. The van der Waals surface area contributed by atoms with E-state index in [1.807, 2.05) is 13.8 Å². The number of anilines is 1. The van der Waals surface area contributed by atoms with E-state index in [2.05, 4.69) is 21.2 Å². The average molecular weight is 685 g/mol. The van der Waals surface area contributed by atoms with Gasteiger partial charge in [0.15, 0.2) is 0 Å². The molecule has 3 rings (SSSR count). The van der Waals surface area contributed by atoms with Crippen molar-refractivity contribution in [2.24, 2.45) is 0 Å². The Bertz CT molecular complexity index is 1500. The van der Waals surface area contributed by atoms with Gasteiger partial charge in [-0.05, 0) is 84.2 Å². The number of sulfonamides is 1. The van der Waals surface area contributed by atoms with Gasteiger partial charge in [0.2, 0.25) is 11.8 Å². The maximum Gasteiger partial charge on any atom is 0.264 e. The highest BCUT2D eigenvalue weighted by atomic mass is 79.9. The number of carbonyl (C=O) groups is 2. The topological polar surface area (TPSA) is 96.0 Å². The van der Waals surface area contributed by atoms with Crippen LogP contribution in [0, 0.1) is 6.92 Å². The highest BCUT2D eigenvalue weighted by Crippen LogP contribution is 2.31.